The minimum atomic E-state index is 0.809. The van der Waals surface area contributed by atoms with Crippen molar-refractivity contribution in [3.8, 4) is 0 Å². The van der Waals surface area contributed by atoms with Crippen LogP contribution >= 0.6 is 0 Å². The lowest BCUT2D eigenvalue weighted by atomic mass is 10.1. The number of likely N-dealkylation sites (tertiary alicyclic amines) is 1. The van der Waals surface area contributed by atoms with Gasteiger partial charge in [0.2, 0.25) is 0 Å². The van der Waals surface area contributed by atoms with Crippen molar-refractivity contribution in [3.05, 3.63) is 35.9 Å². The number of rotatable bonds is 6. The summed E-state index contributed by atoms with van der Waals surface area (Å²) in [5.41, 5.74) is 1.54. The molecule has 3 atom stereocenters. The molecule has 3 rings (SSSR count). The van der Waals surface area contributed by atoms with E-state index in [1.54, 1.807) is 5.56 Å². The molecule has 1 saturated heterocycles. The van der Waals surface area contributed by atoms with Gasteiger partial charge in [0.05, 0.1) is 0 Å². The number of hydrogen-bond acceptors (Lipinski definition) is 2. The normalized spacial score (nSPS) is 30.7. The summed E-state index contributed by atoms with van der Waals surface area (Å²) in [6.07, 6.45) is 4.00. The molecule has 1 saturated carbocycles. The van der Waals surface area contributed by atoms with E-state index in [-0.39, 0.29) is 0 Å². The van der Waals surface area contributed by atoms with Crippen molar-refractivity contribution in [1.29, 1.82) is 0 Å². The highest BCUT2D eigenvalue weighted by Gasteiger charge is 2.44. The number of nitrogens with zero attached hydrogens (tertiary/aromatic N) is 1. The maximum atomic E-state index is 3.57. The van der Waals surface area contributed by atoms with Crippen molar-refractivity contribution in [2.75, 3.05) is 26.2 Å². The van der Waals surface area contributed by atoms with Crippen LogP contribution in [0.25, 0.3) is 0 Å². The zero-order chi connectivity index (χ0) is 13.1. The van der Waals surface area contributed by atoms with E-state index in [0.29, 0.717) is 0 Å². The van der Waals surface area contributed by atoms with E-state index >= 15 is 0 Å². The summed E-state index contributed by atoms with van der Waals surface area (Å²) in [4.78, 5) is 2.73. The Labute approximate surface area is 117 Å². The molecule has 0 aromatic heterocycles. The SMILES string of the molecule is CCCNCC1CCN(C2CC2c2ccccc2)C1. The highest BCUT2D eigenvalue weighted by molar-refractivity contribution is 5.28. The molecule has 0 amide bonds. The lowest BCUT2D eigenvalue weighted by molar-refractivity contribution is 0.306. The van der Waals surface area contributed by atoms with Gasteiger partial charge in [-0.2, -0.15) is 0 Å². The second-order valence-electron chi connectivity index (χ2n) is 6.17. The van der Waals surface area contributed by atoms with Crippen LogP contribution in [-0.4, -0.2) is 37.1 Å². The molecule has 1 aromatic carbocycles. The minimum Gasteiger partial charge on any atom is -0.316 e. The quantitative estimate of drug-likeness (QED) is 0.789. The van der Waals surface area contributed by atoms with E-state index in [4.69, 9.17) is 0 Å². The fourth-order valence-electron chi connectivity index (χ4n) is 3.46. The molecule has 0 radical (unpaired) electrons. The van der Waals surface area contributed by atoms with E-state index in [1.807, 2.05) is 0 Å². The third-order valence-electron chi connectivity index (χ3n) is 4.63. The largest absolute Gasteiger partial charge is 0.316 e. The number of nitrogens with one attached hydrogen (secondary N) is 1. The van der Waals surface area contributed by atoms with Gasteiger partial charge in [0, 0.05) is 18.5 Å². The van der Waals surface area contributed by atoms with Crippen molar-refractivity contribution < 1.29 is 0 Å². The van der Waals surface area contributed by atoms with E-state index < -0.39 is 0 Å². The molecule has 19 heavy (non-hydrogen) atoms. The molecule has 1 aliphatic heterocycles. The summed E-state index contributed by atoms with van der Waals surface area (Å²) >= 11 is 0. The van der Waals surface area contributed by atoms with E-state index in [1.165, 1.54) is 45.4 Å². The van der Waals surface area contributed by atoms with E-state index in [9.17, 15) is 0 Å². The van der Waals surface area contributed by atoms with E-state index in [2.05, 4.69) is 47.5 Å². The minimum absolute atomic E-state index is 0.809. The zero-order valence-electron chi connectivity index (χ0n) is 12.0. The molecule has 2 aliphatic rings. The van der Waals surface area contributed by atoms with Crippen LogP contribution in [0.1, 0.15) is 37.7 Å². The van der Waals surface area contributed by atoms with Crippen LogP contribution in [0, 0.1) is 5.92 Å². The predicted molar refractivity (Wildman–Crippen MR) is 80.4 cm³/mol. The average Bonchev–Trinajstić information content (AvgIpc) is 3.12. The maximum absolute atomic E-state index is 3.57. The molecule has 1 heterocycles. The van der Waals surface area contributed by atoms with Gasteiger partial charge in [-0.25, -0.2) is 0 Å². The van der Waals surface area contributed by atoms with Crippen molar-refractivity contribution in [3.63, 3.8) is 0 Å². The zero-order valence-corrected chi connectivity index (χ0v) is 12.0. The summed E-state index contributed by atoms with van der Waals surface area (Å²) in [5, 5.41) is 3.57. The molecule has 1 aromatic rings. The average molecular weight is 258 g/mol. The molecular formula is C17H26N2. The molecule has 3 unspecified atom stereocenters. The molecule has 2 fully saturated rings. The third kappa shape index (κ3) is 3.18. The Morgan fingerprint density at radius 1 is 1.26 bits per heavy atom. The first-order valence-corrected chi connectivity index (χ1v) is 7.88. The van der Waals surface area contributed by atoms with Crippen molar-refractivity contribution in [2.45, 2.75) is 38.1 Å². The highest BCUT2D eigenvalue weighted by Crippen LogP contribution is 2.46. The summed E-state index contributed by atoms with van der Waals surface area (Å²) in [6.45, 7) is 7.25. The molecule has 0 spiro atoms. The number of hydrogen-bond donors (Lipinski definition) is 1. The van der Waals surface area contributed by atoms with Gasteiger partial charge in [-0.15, -0.1) is 0 Å². The first-order chi connectivity index (χ1) is 9.38. The summed E-state index contributed by atoms with van der Waals surface area (Å²) in [7, 11) is 0. The second kappa shape index (κ2) is 6.06. The monoisotopic (exact) mass is 258 g/mol. The van der Waals surface area contributed by atoms with Gasteiger partial charge >= 0.3 is 0 Å². The first kappa shape index (κ1) is 13.1. The van der Waals surface area contributed by atoms with Crippen LogP contribution in [0.3, 0.4) is 0 Å². The Hall–Kier alpha value is -0.860. The molecule has 1 aliphatic carbocycles. The molecule has 1 N–H and O–H groups in total. The lowest BCUT2D eigenvalue weighted by Crippen LogP contribution is -2.28. The molecule has 104 valence electrons. The Morgan fingerprint density at radius 3 is 2.89 bits per heavy atom. The van der Waals surface area contributed by atoms with Gasteiger partial charge in [0.1, 0.15) is 0 Å². The van der Waals surface area contributed by atoms with Crippen LogP contribution in [-0.2, 0) is 0 Å². The fraction of sp³-hybridized carbons (Fsp3) is 0.647. The van der Waals surface area contributed by atoms with E-state index in [0.717, 1.165) is 17.9 Å². The smallest absolute Gasteiger partial charge is 0.0171 e. The van der Waals surface area contributed by atoms with Crippen LogP contribution in [0.15, 0.2) is 30.3 Å². The molecule has 2 heteroatoms. The summed E-state index contributed by atoms with van der Waals surface area (Å²) in [5.74, 6) is 1.69. The van der Waals surface area contributed by atoms with Crippen LogP contribution < -0.4 is 5.32 Å². The van der Waals surface area contributed by atoms with Crippen LogP contribution in [0.2, 0.25) is 0 Å². The second-order valence-corrected chi connectivity index (χ2v) is 6.17. The predicted octanol–water partition coefficient (Wildman–Crippen LogP) is 2.86. The summed E-state index contributed by atoms with van der Waals surface area (Å²) in [6, 6.07) is 11.9. The van der Waals surface area contributed by atoms with Gasteiger partial charge in [0.25, 0.3) is 0 Å². The third-order valence-corrected chi connectivity index (χ3v) is 4.63. The van der Waals surface area contributed by atoms with Crippen molar-refractivity contribution in [2.24, 2.45) is 5.92 Å². The number of benzene rings is 1. The first-order valence-electron chi connectivity index (χ1n) is 7.88. The van der Waals surface area contributed by atoms with Crippen molar-refractivity contribution >= 4 is 0 Å². The van der Waals surface area contributed by atoms with Crippen LogP contribution in [0.4, 0.5) is 0 Å². The van der Waals surface area contributed by atoms with Crippen molar-refractivity contribution in [1.82, 2.24) is 10.2 Å². The van der Waals surface area contributed by atoms with Gasteiger partial charge in [-0.05, 0) is 50.4 Å². The Bertz CT molecular complexity index is 390. The van der Waals surface area contributed by atoms with Crippen LogP contribution in [0.5, 0.6) is 0 Å². The molecule has 2 nitrogen and oxygen atoms in total. The highest BCUT2D eigenvalue weighted by atomic mass is 15.2. The fourth-order valence-corrected chi connectivity index (χ4v) is 3.46. The molecule has 0 bridgehead atoms. The lowest BCUT2D eigenvalue weighted by Gasteiger charge is -2.16. The maximum Gasteiger partial charge on any atom is 0.0171 e. The Morgan fingerprint density at radius 2 is 2.11 bits per heavy atom. The Balaban J connectivity index is 1.45. The van der Waals surface area contributed by atoms with Gasteiger partial charge < -0.3 is 5.32 Å². The topological polar surface area (TPSA) is 15.3 Å². The Kier molecular flexibility index (Phi) is 4.19. The summed E-state index contributed by atoms with van der Waals surface area (Å²) < 4.78 is 0. The van der Waals surface area contributed by atoms with Gasteiger partial charge in [-0.3, -0.25) is 4.90 Å². The molecular weight excluding hydrogens is 232 g/mol. The van der Waals surface area contributed by atoms with Gasteiger partial charge in [0.15, 0.2) is 0 Å². The standard InChI is InChI=1S/C17H26N2/c1-2-9-18-12-14-8-10-19(13-14)17-11-16(17)15-6-4-3-5-7-15/h3-7,14,16-18H,2,8-13H2,1H3. The van der Waals surface area contributed by atoms with Gasteiger partial charge in [-0.1, -0.05) is 37.3 Å².